The number of hydrogen-bond acceptors (Lipinski definition) is 3. The lowest BCUT2D eigenvalue weighted by molar-refractivity contribution is 0.0947. The van der Waals surface area contributed by atoms with Gasteiger partial charge in [-0.2, -0.15) is 0 Å². The number of rotatable bonds is 7. The zero-order chi connectivity index (χ0) is 13.5. The number of benzene rings is 1. The Morgan fingerprint density at radius 2 is 2.00 bits per heavy atom. The first-order valence-electron chi connectivity index (χ1n) is 6.57. The number of para-hydroxylation sites is 1. The van der Waals surface area contributed by atoms with Crippen LogP contribution in [0, 0.1) is 5.92 Å². The molecule has 0 aromatic heterocycles. The van der Waals surface area contributed by atoms with Gasteiger partial charge in [0.25, 0.3) is 0 Å². The van der Waals surface area contributed by atoms with Crippen molar-refractivity contribution in [3.63, 3.8) is 0 Å². The molecule has 0 aliphatic heterocycles. The summed E-state index contributed by atoms with van der Waals surface area (Å²) in [5, 5.41) is 0. The molecule has 0 radical (unpaired) electrons. The van der Waals surface area contributed by atoms with Gasteiger partial charge in [-0.1, -0.05) is 32.9 Å². The largest absolute Gasteiger partial charge is 0.493 e. The van der Waals surface area contributed by atoms with E-state index < -0.39 is 6.04 Å². The maximum absolute atomic E-state index is 12.3. The molecule has 1 rings (SSSR count). The van der Waals surface area contributed by atoms with E-state index in [-0.39, 0.29) is 5.78 Å². The molecule has 0 aliphatic carbocycles. The molecule has 0 fully saturated rings. The van der Waals surface area contributed by atoms with Crippen molar-refractivity contribution >= 4 is 5.78 Å². The van der Waals surface area contributed by atoms with Gasteiger partial charge in [-0.05, 0) is 30.9 Å². The van der Waals surface area contributed by atoms with Crippen LogP contribution in [0.1, 0.15) is 44.0 Å². The summed E-state index contributed by atoms with van der Waals surface area (Å²) in [5.41, 5.74) is 6.54. The standard InChI is InChI=1S/C15H23NO2/c1-4-9-18-14-8-6-5-7-12(14)15(17)13(16)10-11(2)3/h5-8,11,13H,4,9-10,16H2,1-3H3. The minimum Gasteiger partial charge on any atom is -0.493 e. The van der Waals surface area contributed by atoms with E-state index in [1.807, 2.05) is 25.1 Å². The van der Waals surface area contributed by atoms with Crippen LogP contribution in [-0.2, 0) is 0 Å². The van der Waals surface area contributed by atoms with Gasteiger partial charge >= 0.3 is 0 Å². The minimum absolute atomic E-state index is 0.0320. The van der Waals surface area contributed by atoms with Crippen molar-refractivity contribution in [3.05, 3.63) is 29.8 Å². The van der Waals surface area contributed by atoms with E-state index in [9.17, 15) is 4.79 Å². The maximum atomic E-state index is 12.3. The average molecular weight is 249 g/mol. The zero-order valence-corrected chi connectivity index (χ0v) is 11.5. The van der Waals surface area contributed by atoms with Crippen molar-refractivity contribution in [1.82, 2.24) is 0 Å². The van der Waals surface area contributed by atoms with Gasteiger partial charge in [-0.25, -0.2) is 0 Å². The van der Waals surface area contributed by atoms with Crippen molar-refractivity contribution < 1.29 is 9.53 Å². The number of Topliss-reactive ketones (excluding diaryl/α,β-unsaturated/α-hetero) is 1. The molecule has 100 valence electrons. The molecule has 0 amide bonds. The monoisotopic (exact) mass is 249 g/mol. The van der Waals surface area contributed by atoms with E-state index in [0.29, 0.717) is 30.3 Å². The summed E-state index contributed by atoms with van der Waals surface area (Å²) >= 11 is 0. The summed E-state index contributed by atoms with van der Waals surface area (Å²) in [7, 11) is 0. The Morgan fingerprint density at radius 1 is 1.33 bits per heavy atom. The maximum Gasteiger partial charge on any atom is 0.183 e. The van der Waals surface area contributed by atoms with Crippen molar-refractivity contribution in [3.8, 4) is 5.75 Å². The fourth-order valence-electron chi connectivity index (χ4n) is 1.82. The van der Waals surface area contributed by atoms with Crippen LogP contribution >= 0.6 is 0 Å². The van der Waals surface area contributed by atoms with Gasteiger partial charge in [0.1, 0.15) is 5.75 Å². The Hall–Kier alpha value is -1.35. The molecular weight excluding hydrogens is 226 g/mol. The molecule has 0 spiro atoms. The Bertz CT molecular complexity index is 388. The zero-order valence-electron chi connectivity index (χ0n) is 11.5. The molecule has 0 saturated carbocycles. The Labute approximate surface area is 109 Å². The highest BCUT2D eigenvalue weighted by Gasteiger charge is 2.20. The third kappa shape index (κ3) is 4.15. The molecule has 1 aromatic carbocycles. The molecule has 0 bridgehead atoms. The molecule has 0 saturated heterocycles. The Kier molecular flexibility index (Phi) is 5.86. The molecule has 0 heterocycles. The number of carbonyl (C=O) groups is 1. The van der Waals surface area contributed by atoms with Crippen molar-refractivity contribution in [2.45, 2.75) is 39.7 Å². The minimum atomic E-state index is -0.448. The summed E-state index contributed by atoms with van der Waals surface area (Å²) in [6.07, 6.45) is 1.61. The van der Waals surface area contributed by atoms with E-state index in [2.05, 4.69) is 13.8 Å². The first kappa shape index (κ1) is 14.7. The molecule has 0 aliphatic rings. The first-order valence-corrected chi connectivity index (χ1v) is 6.57. The van der Waals surface area contributed by atoms with Gasteiger partial charge in [-0.15, -0.1) is 0 Å². The molecule has 3 nitrogen and oxygen atoms in total. The average Bonchev–Trinajstić information content (AvgIpc) is 2.35. The van der Waals surface area contributed by atoms with Gasteiger partial charge in [-0.3, -0.25) is 4.79 Å². The Morgan fingerprint density at radius 3 is 2.61 bits per heavy atom. The second-order valence-electron chi connectivity index (χ2n) is 4.94. The van der Waals surface area contributed by atoms with E-state index in [1.165, 1.54) is 0 Å². The molecule has 1 atom stereocenters. The van der Waals surface area contributed by atoms with Crippen LogP contribution in [0.5, 0.6) is 5.75 Å². The van der Waals surface area contributed by atoms with Gasteiger partial charge in [0.05, 0.1) is 18.2 Å². The highest BCUT2D eigenvalue weighted by molar-refractivity contribution is 6.02. The predicted octanol–water partition coefficient (Wildman–Crippen LogP) is 3.03. The van der Waals surface area contributed by atoms with Crippen LogP contribution < -0.4 is 10.5 Å². The quantitative estimate of drug-likeness (QED) is 0.756. The van der Waals surface area contributed by atoms with Gasteiger partial charge in [0, 0.05) is 0 Å². The summed E-state index contributed by atoms with van der Waals surface area (Å²) in [6, 6.07) is 6.87. The second-order valence-corrected chi connectivity index (χ2v) is 4.94. The second kappa shape index (κ2) is 7.17. The topological polar surface area (TPSA) is 52.3 Å². The van der Waals surface area contributed by atoms with E-state index in [4.69, 9.17) is 10.5 Å². The van der Waals surface area contributed by atoms with Gasteiger partial charge < -0.3 is 10.5 Å². The fourth-order valence-corrected chi connectivity index (χ4v) is 1.82. The van der Waals surface area contributed by atoms with Gasteiger partial charge in [0.2, 0.25) is 0 Å². The summed E-state index contributed by atoms with van der Waals surface area (Å²) in [6.45, 7) is 6.78. The third-order valence-electron chi connectivity index (χ3n) is 2.68. The van der Waals surface area contributed by atoms with Crippen molar-refractivity contribution in [2.75, 3.05) is 6.61 Å². The molecule has 2 N–H and O–H groups in total. The lowest BCUT2D eigenvalue weighted by atomic mass is 9.96. The number of ether oxygens (including phenoxy) is 1. The SMILES string of the molecule is CCCOc1ccccc1C(=O)C(N)CC(C)C. The molecular formula is C15H23NO2. The summed E-state index contributed by atoms with van der Waals surface area (Å²) < 4.78 is 5.59. The van der Waals surface area contributed by atoms with Crippen molar-refractivity contribution in [2.24, 2.45) is 11.7 Å². The van der Waals surface area contributed by atoms with E-state index >= 15 is 0 Å². The lowest BCUT2D eigenvalue weighted by Crippen LogP contribution is -2.32. The fraction of sp³-hybridized carbons (Fsp3) is 0.533. The lowest BCUT2D eigenvalue weighted by Gasteiger charge is -2.15. The Balaban J connectivity index is 2.84. The van der Waals surface area contributed by atoms with E-state index in [1.54, 1.807) is 6.07 Å². The smallest absolute Gasteiger partial charge is 0.183 e. The number of nitrogens with two attached hydrogens (primary N) is 1. The highest BCUT2D eigenvalue weighted by atomic mass is 16.5. The predicted molar refractivity (Wildman–Crippen MR) is 74.0 cm³/mol. The van der Waals surface area contributed by atoms with Crippen LogP contribution in [0.3, 0.4) is 0 Å². The number of carbonyl (C=O) groups excluding carboxylic acids is 1. The van der Waals surface area contributed by atoms with Crippen LogP contribution in [0.4, 0.5) is 0 Å². The van der Waals surface area contributed by atoms with Crippen LogP contribution in [0.2, 0.25) is 0 Å². The van der Waals surface area contributed by atoms with Crippen LogP contribution in [0.15, 0.2) is 24.3 Å². The van der Waals surface area contributed by atoms with Crippen molar-refractivity contribution in [1.29, 1.82) is 0 Å². The molecule has 3 heteroatoms. The number of hydrogen-bond donors (Lipinski definition) is 1. The molecule has 18 heavy (non-hydrogen) atoms. The summed E-state index contributed by atoms with van der Waals surface area (Å²) in [5.74, 6) is 1.02. The molecule has 1 unspecified atom stereocenters. The highest BCUT2D eigenvalue weighted by Crippen LogP contribution is 2.21. The first-order chi connectivity index (χ1) is 8.56. The van der Waals surface area contributed by atoms with Crippen LogP contribution in [0.25, 0.3) is 0 Å². The number of ketones is 1. The van der Waals surface area contributed by atoms with E-state index in [0.717, 1.165) is 6.42 Å². The third-order valence-corrected chi connectivity index (χ3v) is 2.68. The normalized spacial score (nSPS) is 12.5. The van der Waals surface area contributed by atoms with Crippen LogP contribution in [-0.4, -0.2) is 18.4 Å². The molecule has 1 aromatic rings. The van der Waals surface area contributed by atoms with Gasteiger partial charge in [0.15, 0.2) is 5.78 Å². The summed E-state index contributed by atoms with van der Waals surface area (Å²) in [4.78, 5) is 12.3.